The lowest BCUT2D eigenvalue weighted by molar-refractivity contribution is -0.143. The van der Waals surface area contributed by atoms with Crippen LogP contribution in [0.4, 0.5) is 0 Å². The molecule has 0 bridgehead atoms. The second-order valence-electron chi connectivity index (χ2n) is 11.6. The maximum absolute atomic E-state index is 13.9. The lowest BCUT2D eigenvalue weighted by Gasteiger charge is -2.34. The van der Waals surface area contributed by atoms with E-state index in [2.05, 4.69) is 42.0 Å². The molecule has 202 valence electrons. The topological polar surface area (TPSA) is 58.6 Å². The van der Waals surface area contributed by atoms with Crippen molar-refractivity contribution >= 4 is 27.7 Å². The summed E-state index contributed by atoms with van der Waals surface area (Å²) in [6, 6.07) is 24.7. The molecule has 0 radical (unpaired) electrons. The minimum atomic E-state index is -0.718. The Bertz CT molecular complexity index is 1230. The van der Waals surface area contributed by atoms with Gasteiger partial charge in [-0.05, 0) is 61.1 Å². The third-order valence-electron chi connectivity index (χ3n) is 6.06. The lowest BCUT2D eigenvalue weighted by atomic mass is 9.86. The third kappa shape index (κ3) is 8.73. The SMILES string of the molecule is CC(C)(C)NC(=O)[C@@H](Cc1ccccc1)N(Cc1cccc(Br)c1)C(=O)COc1ccccc1C(C)(C)C. The number of hydrogen-bond donors (Lipinski definition) is 1. The van der Waals surface area contributed by atoms with Crippen molar-refractivity contribution in [1.82, 2.24) is 10.2 Å². The van der Waals surface area contributed by atoms with E-state index in [1.807, 2.05) is 99.6 Å². The number of nitrogens with zero attached hydrogens (tertiary/aromatic N) is 1. The lowest BCUT2D eigenvalue weighted by Crippen LogP contribution is -2.55. The van der Waals surface area contributed by atoms with Gasteiger partial charge in [0.1, 0.15) is 11.8 Å². The van der Waals surface area contributed by atoms with Crippen LogP contribution in [-0.4, -0.2) is 34.9 Å². The van der Waals surface area contributed by atoms with Gasteiger partial charge in [0.15, 0.2) is 6.61 Å². The molecule has 0 fully saturated rings. The predicted molar refractivity (Wildman–Crippen MR) is 157 cm³/mol. The zero-order valence-corrected chi connectivity index (χ0v) is 24.8. The van der Waals surface area contributed by atoms with E-state index in [0.717, 1.165) is 21.2 Å². The molecule has 6 heteroatoms. The molecule has 0 unspecified atom stereocenters. The van der Waals surface area contributed by atoms with Gasteiger partial charge in [-0.25, -0.2) is 0 Å². The molecule has 0 aliphatic heterocycles. The molecule has 2 amide bonds. The van der Waals surface area contributed by atoms with Crippen LogP contribution in [0, 0.1) is 0 Å². The van der Waals surface area contributed by atoms with Crippen LogP contribution in [-0.2, 0) is 28.0 Å². The maximum atomic E-state index is 13.9. The van der Waals surface area contributed by atoms with E-state index < -0.39 is 11.6 Å². The number of benzene rings is 3. The molecule has 3 rings (SSSR count). The van der Waals surface area contributed by atoms with Crippen LogP contribution in [0.2, 0.25) is 0 Å². The fourth-order valence-corrected chi connectivity index (χ4v) is 4.72. The van der Waals surface area contributed by atoms with Crippen molar-refractivity contribution in [3.63, 3.8) is 0 Å². The summed E-state index contributed by atoms with van der Waals surface area (Å²) in [5, 5.41) is 3.09. The van der Waals surface area contributed by atoms with Crippen LogP contribution in [0.1, 0.15) is 58.2 Å². The highest BCUT2D eigenvalue weighted by atomic mass is 79.9. The van der Waals surface area contributed by atoms with Gasteiger partial charge < -0.3 is 15.0 Å². The first-order valence-electron chi connectivity index (χ1n) is 13.0. The highest BCUT2D eigenvalue weighted by molar-refractivity contribution is 9.10. The molecular weight excluding hydrogens is 540 g/mol. The number of nitrogens with one attached hydrogen (secondary N) is 1. The molecule has 0 saturated heterocycles. The van der Waals surface area contributed by atoms with Crippen molar-refractivity contribution in [2.24, 2.45) is 0 Å². The van der Waals surface area contributed by atoms with Crippen LogP contribution in [0.5, 0.6) is 5.75 Å². The van der Waals surface area contributed by atoms with E-state index in [4.69, 9.17) is 4.74 Å². The van der Waals surface area contributed by atoms with E-state index in [1.165, 1.54) is 0 Å². The molecule has 3 aromatic carbocycles. The van der Waals surface area contributed by atoms with Gasteiger partial charge in [0, 0.05) is 23.0 Å². The molecule has 38 heavy (non-hydrogen) atoms. The minimum Gasteiger partial charge on any atom is -0.483 e. The Balaban J connectivity index is 1.96. The summed E-state index contributed by atoms with van der Waals surface area (Å²) in [5.74, 6) is 0.230. The van der Waals surface area contributed by atoms with Gasteiger partial charge in [-0.15, -0.1) is 0 Å². The number of para-hydroxylation sites is 1. The monoisotopic (exact) mass is 578 g/mol. The Hall–Kier alpha value is -3.12. The second-order valence-corrected chi connectivity index (χ2v) is 12.5. The number of carbonyl (C=O) groups excluding carboxylic acids is 2. The normalized spacial score (nSPS) is 12.5. The Labute approximate surface area is 235 Å². The van der Waals surface area contributed by atoms with Gasteiger partial charge >= 0.3 is 0 Å². The third-order valence-corrected chi connectivity index (χ3v) is 6.55. The average molecular weight is 580 g/mol. The van der Waals surface area contributed by atoms with E-state index in [9.17, 15) is 9.59 Å². The molecule has 0 saturated carbocycles. The summed E-state index contributed by atoms with van der Waals surface area (Å²) in [4.78, 5) is 29.2. The molecule has 0 aliphatic carbocycles. The first kappa shape index (κ1) is 29.4. The summed E-state index contributed by atoms with van der Waals surface area (Å²) >= 11 is 3.53. The summed E-state index contributed by atoms with van der Waals surface area (Å²) in [6.07, 6.45) is 0.390. The van der Waals surface area contributed by atoms with Gasteiger partial charge in [0.05, 0.1) is 0 Å². The number of hydrogen-bond acceptors (Lipinski definition) is 3. The first-order valence-corrected chi connectivity index (χ1v) is 13.7. The van der Waals surface area contributed by atoms with Crippen molar-refractivity contribution in [2.75, 3.05) is 6.61 Å². The molecule has 5 nitrogen and oxygen atoms in total. The summed E-state index contributed by atoms with van der Waals surface area (Å²) < 4.78 is 7.03. The second kappa shape index (κ2) is 12.6. The molecule has 0 heterocycles. The van der Waals surface area contributed by atoms with Crippen molar-refractivity contribution in [1.29, 1.82) is 0 Å². The summed E-state index contributed by atoms with van der Waals surface area (Å²) in [5.41, 5.74) is 2.34. The van der Waals surface area contributed by atoms with E-state index in [0.29, 0.717) is 12.2 Å². The van der Waals surface area contributed by atoms with Gasteiger partial charge in [-0.1, -0.05) is 97.4 Å². The summed E-state index contributed by atoms with van der Waals surface area (Å²) in [6.45, 7) is 12.3. The van der Waals surface area contributed by atoms with E-state index in [-0.39, 0.29) is 30.4 Å². The fraction of sp³-hybridized carbons (Fsp3) is 0.375. The molecular formula is C32H39BrN2O3. The van der Waals surface area contributed by atoms with Crippen molar-refractivity contribution in [3.05, 3.63) is 100 Å². The smallest absolute Gasteiger partial charge is 0.261 e. The van der Waals surface area contributed by atoms with E-state index >= 15 is 0 Å². The van der Waals surface area contributed by atoms with Crippen LogP contribution >= 0.6 is 15.9 Å². The standard InChI is InChI=1S/C32H39BrN2O3/c1-31(2,3)26-17-10-11-18-28(26)38-22-29(36)35(21-24-15-12-16-25(33)19-24)27(30(37)34-32(4,5)6)20-23-13-8-7-9-14-23/h7-19,27H,20-22H2,1-6H3,(H,34,37)/t27-/m1/s1. The average Bonchev–Trinajstić information content (AvgIpc) is 2.84. The molecule has 0 aromatic heterocycles. The Morgan fingerprint density at radius 3 is 2.13 bits per heavy atom. The largest absolute Gasteiger partial charge is 0.483 e. The number of carbonyl (C=O) groups is 2. The van der Waals surface area contributed by atoms with Crippen LogP contribution < -0.4 is 10.1 Å². The molecule has 3 aromatic rings. The Kier molecular flexibility index (Phi) is 9.77. The fourth-order valence-electron chi connectivity index (χ4n) is 4.27. The van der Waals surface area contributed by atoms with Gasteiger partial charge in [-0.2, -0.15) is 0 Å². The van der Waals surface area contributed by atoms with Gasteiger partial charge in [-0.3, -0.25) is 9.59 Å². The number of ether oxygens (including phenoxy) is 1. The zero-order valence-electron chi connectivity index (χ0n) is 23.3. The molecule has 1 atom stereocenters. The van der Waals surface area contributed by atoms with Gasteiger partial charge in [0.2, 0.25) is 5.91 Å². The Morgan fingerprint density at radius 2 is 1.50 bits per heavy atom. The minimum absolute atomic E-state index is 0.141. The number of halogens is 1. The highest BCUT2D eigenvalue weighted by Crippen LogP contribution is 2.31. The molecule has 0 aliphatic rings. The van der Waals surface area contributed by atoms with Crippen LogP contribution in [0.3, 0.4) is 0 Å². The van der Waals surface area contributed by atoms with Crippen LogP contribution in [0.15, 0.2) is 83.3 Å². The molecule has 1 N–H and O–H groups in total. The molecule has 0 spiro atoms. The zero-order chi connectivity index (χ0) is 27.9. The number of rotatable bonds is 9. The van der Waals surface area contributed by atoms with E-state index in [1.54, 1.807) is 4.90 Å². The first-order chi connectivity index (χ1) is 17.8. The van der Waals surface area contributed by atoms with Gasteiger partial charge in [0.25, 0.3) is 5.91 Å². The predicted octanol–water partition coefficient (Wildman–Crippen LogP) is 6.68. The van der Waals surface area contributed by atoms with Crippen molar-refractivity contribution < 1.29 is 14.3 Å². The summed E-state index contributed by atoms with van der Waals surface area (Å²) in [7, 11) is 0. The maximum Gasteiger partial charge on any atom is 0.261 e. The Morgan fingerprint density at radius 1 is 0.868 bits per heavy atom. The number of amides is 2. The highest BCUT2D eigenvalue weighted by Gasteiger charge is 2.32. The quantitative estimate of drug-likeness (QED) is 0.308. The van der Waals surface area contributed by atoms with Crippen LogP contribution in [0.25, 0.3) is 0 Å². The van der Waals surface area contributed by atoms with Crippen molar-refractivity contribution in [3.8, 4) is 5.75 Å². The van der Waals surface area contributed by atoms with Crippen molar-refractivity contribution in [2.45, 2.75) is 71.5 Å².